The Hall–Kier alpha value is -3.76. The van der Waals surface area contributed by atoms with Crippen LogP contribution in [0.3, 0.4) is 0 Å². The molecule has 0 unspecified atom stereocenters. The lowest BCUT2D eigenvalue weighted by Gasteiger charge is -2.27. The Bertz CT molecular complexity index is 1340. The summed E-state index contributed by atoms with van der Waals surface area (Å²) in [6.07, 6.45) is 0.382. The average Bonchev–Trinajstić information content (AvgIpc) is 2.87. The molecule has 182 valence electrons. The van der Waals surface area contributed by atoms with Gasteiger partial charge >= 0.3 is 0 Å². The third kappa shape index (κ3) is 5.18. The van der Waals surface area contributed by atoms with E-state index in [1.165, 1.54) is 24.1 Å². The highest BCUT2D eigenvalue weighted by atomic mass is 32.2. The van der Waals surface area contributed by atoms with Crippen molar-refractivity contribution in [1.82, 2.24) is 14.9 Å². The standard InChI is InChI=1S/C25H25N3O6S/c1-34-18-10-12-19(13-11-18)35(32,33)27-15-14-26-22(29)9-4-16-28-24(30)20-7-2-5-17-6-3-8-21(23(17)20)25(28)31/h2-3,5-8,10-13,27H,4,9,14-16H2,1H3,(H,26,29). The smallest absolute Gasteiger partial charge is 0.261 e. The van der Waals surface area contributed by atoms with Crippen LogP contribution < -0.4 is 14.8 Å². The zero-order valence-electron chi connectivity index (χ0n) is 19.1. The van der Waals surface area contributed by atoms with Crippen molar-refractivity contribution >= 4 is 38.5 Å². The molecule has 0 spiro atoms. The highest BCUT2D eigenvalue weighted by Gasteiger charge is 2.32. The van der Waals surface area contributed by atoms with E-state index in [1.807, 2.05) is 12.1 Å². The molecular formula is C25H25N3O6S. The molecule has 0 saturated carbocycles. The Labute approximate surface area is 203 Å². The van der Waals surface area contributed by atoms with Crippen LogP contribution in [0.25, 0.3) is 10.8 Å². The summed E-state index contributed by atoms with van der Waals surface area (Å²) in [6.45, 7) is 0.231. The van der Waals surface area contributed by atoms with Crippen LogP contribution in [-0.4, -0.2) is 57.8 Å². The van der Waals surface area contributed by atoms with Crippen molar-refractivity contribution in [2.75, 3.05) is 26.7 Å². The summed E-state index contributed by atoms with van der Waals surface area (Å²) in [5.74, 6) is -0.487. The summed E-state index contributed by atoms with van der Waals surface area (Å²) in [6, 6.07) is 16.7. The fourth-order valence-electron chi connectivity index (χ4n) is 4.00. The molecule has 3 aromatic carbocycles. The van der Waals surface area contributed by atoms with Gasteiger partial charge in [-0.2, -0.15) is 0 Å². The van der Waals surface area contributed by atoms with Crippen molar-refractivity contribution in [3.05, 3.63) is 71.8 Å². The fraction of sp³-hybridized carbons (Fsp3) is 0.240. The molecule has 3 aromatic rings. The average molecular weight is 496 g/mol. The maximum atomic E-state index is 12.9. The van der Waals surface area contributed by atoms with E-state index in [-0.39, 0.29) is 48.7 Å². The van der Waals surface area contributed by atoms with Crippen LogP contribution in [0, 0.1) is 0 Å². The number of nitrogens with zero attached hydrogens (tertiary/aromatic N) is 1. The second-order valence-corrected chi connectivity index (χ2v) is 9.76. The Morgan fingerprint density at radius 1 is 0.914 bits per heavy atom. The van der Waals surface area contributed by atoms with Gasteiger partial charge < -0.3 is 10.1 Å². The van der Waals surface area contributed by atoms with Crippen molar-refractivity contribution in [1.29, 1.82) is 0 Å². The summed E-state index contributed by atoms with van der Waals surface area (Å²) >= 11 is 0. The predicted octanol–water partition coefficient (Wildman–Crippen LogP) is 2.32. The molecule has 3 amide bonds. The number of hydrogen-bond acceptors (Lipinski definition) is 6. The summed E-state index contributed by atoms with van der Waals surface area (Å²) in [5, 5.41) is 4.14. The zero-order chi connectivity index (χ0) is 25.0. The highest BCUT2D eigenvalue weighted by Crippen LogP contribution is 2.30. The lowest BCUT2D eigenvalue weighted by Crippen LogP contribution is -2.41. The molecule has 0 bridgehead atoms. The molecule has 0 saturated heterocycles. The molecule has 1 aliphatic heterocycles. The maximum absolute atomic E-state index is 12.9. The number of carbonyl (C=O) groups is 3. The first-order chi connectivity index (χ1) is 16.8. The lowest BCUT2D eigenvalue weighted by molar-refractivity contribution is -0.121. The zero-order valence-corrected chi connectivity index (χ0v) is 19.9. The second-order valence-electron chi connectivity index (χ2n) is 8.00. The van der Waals surface area contributed by atoms with Gasteiger partial charge in [0, 0.05) is 42.6 Å². The number of amides is 3. The third-order valence-corrected chi connectivity index (χ3v) is 7.23. The van der Waals surface area contributed by atoms with Crippen molar-refractivity contribution in [2.45, 2.75) is 17.7 Å². The number of imide groups is 1. The quantitative estimate of drug-likeness (QED) is 0.329. The number of ether oxygens (including phenoxy) is 1. The van der Waals surface area contributed by atoms with E-state index in [9.17, 15) is 22.8 Å². The topological polar surface area (TPSA) is 122 Å². The fourth-order valence-corrected chi connectivity index (χ4v) is 5.03. The molecule has 0 fully saturated rings. The molecular weight excluding hydrogens is 470 g/mol. The number of methoxy groups -OCH3 is 1. The first-order valence-corrected chi connectivity index (χ1v) is 12.6. The highest BCUT2D eigenvalue weighted by molar-refractivity contribution is 7.89. The van der Waals surface area contributed by atoms with Crippen LogP contribution in [0.5, 0.6) is 5.75 Å². The van der Waals surface area contributed by atoms with Crippen molar-refractivity contribution in [3.63, 3.8) is 0 Å². The summed E-state index contributed by atoms with van der Waals surface area (Å²) in [5.41, 5.74) is 0.956. The summed E-state index contributed by atoms with van der Waals surface area (Å²) in [7, 11) is -2.21. The van der Waals surface area contributed by atoms with Crippen LogP contribution >= 0.6 is 0 Å². The van der Waals surface area contributed by atoms with Crippen LogP contribution in [0.4, 0.5) is 0 Å². The van der Waals surface area contributed by atoms with Crippen molar-refractivity contribution in [3.8, 4) is 5.75 Å². The van der Waals surface area contributed by atoms with E-state index in [1.54, 1.807) is 36.4 Å². The minimum atomic E-state index is -3.71. The van der Waals surface area contributed by atoms with Gasteiger partial charge in [0.25, 0.3) is 11.8 Å². The molecule has 1 aliphatic rings. The van der Waals surface area contributed by atoms with Gasteiger partial charge in [-0.1, -0.05) is 24.3 Å². The lowest BCUT2D eigenvalue weighted by atomic mass is 9.94. The molecule has 9 nitrogen and oxygen atoms in total. The third-order valence-electron chi connectivity index (χ3n) is 5.75. The van der Waals surface area contributed by atoms with E-state index >= 15 is 0 Å². The molecule has 0 atom stereocenters. The Balaban J connectivity index is 1.24. The number of nitrogens with one attached hydrogen (secondary N) is 2. The number of benzene rings is 3. The van der Waals surface area contributed by atoms with Crippen LogP contribution in [0.2, 0.25) is 0 Å². The van der Waals surface area contributed by atoms with Gasteiger partial charge in [0.2, 0.25) is 15.9 Å². The molecule has 4 rings (SSSR count). The van der Waals surface area contributed by atoms with Crippen molar-refractivity contribution < 1.29 is 27.5 Å². The molecule has 10 heteroatoms. The van der Waals surface area contributed by atoms with Gasteiger partial charge in [0.15, 0.2) is 0 Å². The second kappa shape index (κ2) is 10.2. The predicted molar refractivity (Wildman–Crippen MR) is 130 cm³/mol. The van der Waals surface area contributed by atoms with Crippen LogP contribution in [0.1, 0.15) is 33.6 Å². The van der Waals surface area contributed by atoms with Gasteiger partial charge in [-0.15, -0.1) is 0 Å². The van der Waals surface area contributed by atoms with Gasteiger partial charge in [0.05, 0.1) is 12.0 Å². The van der Waals surface area contributed by atoms with Gasteiger partial charge in [-0.25, -0.2) is 13.1 Å². The van der Waals surface area contributed by atoms with Crippen LogP contribution in [-0.2, 0) is 14.8 Å². The van der Waals surface area contributed by atoms with E-state index in [2.05, 4.69) is 10.0 Å². The van der Waals surface area contributed by atoms with Crippen molar-refractivity contribution in [2.24, 2.45) is 0 Å². The molecule has 2 N–H and O–H groups in total. The first-order valence-electron chi connectivity index (χ1n) is 11.1. The van der Waals surface area contributed by atoms with E-state index in [0.717, 1.165) is 5.39 Å². The van der Waals surface area contributed by atoms with E-state index < -0.39 is 10.0 Å². The van der Waals surface area contributed by atoms with Crippen LogP contribution in [0.15, 0.2) is 65.6 Å². The Morgan fingerprint density at radius 3 is 2.14 bits per heavy atom. The number of rotatable bonds is 10. The molecule has 0 aliphatic carbocycles. The van der Waals surface area contributed by atoms with Gasteiger partial charge in [-0.05, 0) is 48.2 Å². The molecule has 0 radical (unpaired) electrons. The van der Waals surface area contributed by atoms with E-state index in [0.29, 0.717) is 28.7 Å². The Kier molecular flexibility index (Phi) is 7.13. The normalized spacial score (nSPS) is 13.2. The minimum absolute atomic E-state index is 0.0178. The molecule has 0 aromatic heterocycles. The van der Waals surface area contributed by atoms with Gasteiger partial charge in [0.1, 0.15) is 5.75 Å². The number of sulfonamides is 1. The molecule has 1 heterocycles. The largest absolute Gasteiger partial charge is 0.497 e. The molecule has 35 heavy (non-hydrogen) atoms. The monoisotopic (exact) mass is 495 g/mol. The number of hydrogen-bond donors (Lipinski definition) is 2. The first kappa shape index (κ1) is 24.4. The summed E-state index contributed by atoms with van der Waals surface area (Å²) in [4.78, 5) is 39.2. The number of carbonyl (C=O) groups excluding carboxylic acids is 3. The Morgan fingerprint density at radius 2 is 1.54 bits per heavy atom. The maximum Gasteiger partial charge on any atom is 0.261 e. The van der Waals surface area contributed by atoms with E-state index in [4.69, 9.17) is 4.74 Å². The minimum Gasteiger partial charge on any atom is -0.497 e. The summed E-state index contributed by atoms with van der Waals surface area (Å²) < 4.78 is 32.1. The SMILES string of the molecule is COc1ccc(S(=O)(=O)NCCNC(=O)CCCN2C(=O)c3cccc4cccc(c34)C2=O)cc1. The van der Waals surface area contributed by atoms with Gasteiger partial charge in [-0.3, -0.25) is 19.3 Å².